The molecule has 1 aromatic rings. The summed E-state index contributed by atoms with van der Waals surface area (Å²) in [7, 11) is 0. The topological polar surface area (TPSA) is 34.9 Å². The van der Waals surface area contributed by atoms with E-state index in [1.807, 2.05) is 11.6 Å². The fourth-order valence-electron chi connectivity index (χ4n) is 2.76. The number of Topliss-reactive ketones (excluding diaryl/α,β-unsaturated/α-hetero) is 1. The van der Waals surface area contributed by atoms with Gasteiger partial charge in [-0.15, -0.1) is 0 Å². The Labute approximate surface area is 96.8 Å². The van der Waals surface area contributed by atoms with E-state index >= 15 is 0 Å². The Balaban J connectivity index is 2.54. The molecule has 1 aliphatic carbocycles. The molecule has 88 valence electrons. The molecule has 0 saturated heterocycles. The van der Waals surface area contributed by atoms with Crippen LogP contribution in [0.1, 0.15) is 56.6 Å². The summed E-state index contributed by atoms with van der Waals surface area (Å²) in [6, 6.07) is 0.357. The van der Waals surface area contributed by atoms with E-state index in [4.69, 9.17) is 0 Å². The Kier molecular flexibility index (Phi) is 2.44. The molecule has 1 aliphatic rings. The van der Waals surface area contributed by atoms with E-state index in [0.29, 0.717) is 11.8 Å². The second kappa shape index (κ2) is 3.44. The fourth-order valence-corrected chi connectivity index (χ4v) is 2.76. The first-order valence-electron chi connectivity index (χ1n) is 5.97. The fraction of sp³-hybridized carbons (Fsp3) is 0.692. The molecule has 0 spiro atoms. The predicted octanol–water partition coefficient (Wildman–Crippen LogP) is 2.70. The first kappa shape index (κ1) is 11.4. The van der Waals surface area contributed by atoms with Gasteiger partial charge < -0.3 is 0 Å². The van der Waals surface area contributed by atoms with Crippen LogP contribution in [0.4, 0.5) is 0 Å². The average Bonchev–Trinajstić information content (AvgIpc) is 2.90. The van der Waals surface area contributed by atoms with E-state index in [-0.39, 0.29) is 5.41 Å². The first-order valence-corrected chi connectivity index (χ1v) is 5.97. The molecule has 2 rings (SSSR count). The van der Waals surface area contributed by atoms with Crippen LogP contribution in [0.15, 0.2) is 0 Å². The van der Waals surface area contributed by atoms with Crippen LogP contribution in [0.25, 0.3) is 0 Å². The predicted molar refractivity (Wildman–Crippen MR) is 63.7 cm³/mol. The number of aromatic nitrogens is 2. The molecule has 1 heterocycles. The number of aryl methyl sites for hydroxylation is 1. The van der Waals surface area contributed by atoms with Gasteiger partial charge in [-0.3, -0.25) is 9.48 Å². The molecule has 0 radical (unpaired) electrons. The van der Waals surface area contributed by atoms with Crippen LogP contribution < -0.4 is 0 Å². The third-order valence-electron chi connectivity index (χ3n) is 3.72. The number of rotatable bonds is 3. The standard InChI is InChI=1S/C13H20N2O/c1-8(2)15-10(4)12(9(3)14-15)13(6-7-13)11(5)16/h8H,6-7H2,1-5H3. The number of ketones is 1. The van der Waals surface area contributed by atoms with Gasteiger partial charge in [0.15, 0.2) is 0 Å². The van der Waals surface area contributed by atoms with Crippen molar-refractivity contribution in [2.24, 2.45) is 0 Å². The zero-order valence-corrected chi connectivity index (χ0v) is 10.8. The molecule has 3 heteroatoms. The molecule has 0 aromatic carbocycles. The van der Waals surface area contributed by atoms with Crippen LogP contribution in [0.2, 0.25) is 0 Å². The van der Waals surface area contributed by atoms with Crippen LogP contribution in [0, 0.1) is 13.8 Å². The van der Waals surface area contributed by atoms with E-state index < -0.39 is 0 Å². The van der Waals surface area contributed by atoms with Crippen molar-refractivity contribution in [3.8, 4) is 0 Å². The van der Waals surface area contributed by atoms with Gasteiger partial charge in [-0.1, -0.05) is 0 Å². The van der Waals surface area contributed by atoms with Crippen LogP contribution in [-0.2, 0) is 10.2 Å². The van der Waals surface area contributed by atoms with Crippen molar-refractivity contribution in [1.29, 1.82) is 0 Å². The van der Waals surface area contributed by atoms with Crippen molar-refractivity contribution in [1.82, 2.24) is 9.78 Å². The van der Waals surface area contributed by atoms with Crippen molar-refractivity contribution in [2.75, 3.05) is 0 Å². The Morgan fingerprint density at radius 3 is 2.25 bits per heavy atom. The highest BCUT2D eigenvalue weighted by atomic mass is 16.1. The maximum Gasteiger partial charge on any atom is 0.140 e. The molecular weight excluding hydrogens is 200 g/mol. The summed E-state index contributed by atoms with van der Waals surface area (Å²) in [5.41, 5.74) is 3.19. The lowest BCUT2D eigenvalue weighted by atomic mass is 9.90. The maximum absolute atomic E-state index is 11.8. The quantitative estimate of drug-likeness (QED) is 0.785. The highest BCUT2D eigenvalue weighted by molar-refractivity contribution is 5.91. The maximum atomic E-state index is 11.8. The number of carbonyl (C=O) groups is 1. The van der Waals surface area contributed by atoms with Crippen LogP contribution in [0.5, 0.6) is 0 Å². The van der Waals surface area contributed by atoms with Crippen molar-refractivity contribution < 1.29 is 4.79 Å². The molecule has 0 amide bonds. The molecule has 0 N–H and O–H groups in total. The number of hydrogen-bond donors (Lipinski definition) is 0. The highest BCUT2D eigenvalue weighted by Gasteiger charge is 2.51. The lowest BCUT2D eigenvalue weighted by Crippen LogP contribution is -2.19. The smallest absolute Gasteiger partial charge is 0.140 e. The molecule has 0 bridgehead atoms. The van der Waals surface area contributed by atoms with Gasteiger partial charge in [0.25, 0.3) is 0 Å². The summed E-state index contributed by atoms with van der Waals surface area (Å²) >= 11 is 0. The van der Waals surface area contributed by atoms with Gasteiger partial charge in [0.1, 0.15) is 5.78 Å². The van der Waals surface area contributed by atoms with E-state index in [1.165, 1.54) is 11.3 Å². The largest absolute Gasteiger partial charge is 0.299 e. The van der Waals surface area contributed by atoms with Crippen molar-refractivity contribution >= 4 is 5.78 Å². The molecule has 1 fully saturated rings. The van der Waals surface area contributed by atoms with Gasteiger partial charge in [0, 0.05) is 17.3 Å². The minimum absolute atomic E-state index is 0.193. The van der Waals surface area contributed by atoms with Crippen molar-refractivity contribution in [3.63, 3.8) is 0 Å². The van der Waals surface area contributed by atoms with Gasteiger partial charge >= 0.3 is 0 Å². The molecule has 0 unspecified atom stereocenters. The number of nitrogens with zero attached hydrogens (tertiary/aromatic N) is 2. The SMILES string of the molecule is CC(=O)C1(c2c(C)nn(C(C)C)c2C)CC1. The van der Waals surface area contributed by atoms with E-state index in [1.54, 1.807) is 6.92 Å². The first-order chi connectivity index (χ1) is 7.40. The van der Waals surface area contributed by atoms with E-state index in [9.17, 15) is 4.79 Å². The minimum Gasteiger partial charge on any atom is -0.299 e. The van der Waals surface area contributed by atoms with Crippen LogP contribution >= 0.6 is 0 Å². The second-order valence-electron chi connectivity index (χ2n) is 5.22. The average molecular weight is 220 g/mol. The summed E-state index contributed by atoms with van der Waals surface area (Å²) in [5, 5.41) is 4.56. The third kappa shape index (κ3) is 1.41. The minimum atomic E-state index is -0.193. The summed E-state index contributed by atoms with van der Waals surface area (Å²) in [4.78, 5) is 11.8. The monoisotopic (exact) mass is 220 g/mol. The lowest BCUT2D eigenvalue weighted by Gasteiger charge is -2.13. The molecule has 3 nitrogen and oxygen atoms in total. The van der Waals surface area contributed by atoms with Gasteiger partial charge in [0.05, 0.1) is 11.1 Å². The summed E-state index contributed by atoms with van der Waals surface area (Å²) in [6.07, 6.45) is 1.99. The third-order valence-corrected chi connectivity index (χ3v) is 3.72. The van der Waals surface area contributed by atoms with Crippen LogP contribution in [-0.4, -0.2) is 15.6 Å². The molecule has 1 aromatic heterocycles. The Hall–Kier alpha value is -1.12. The molecule has 16 heavy (non-hydrogen) atoms. The number of carbonyl (C=O) groups excluding carboxylic acids is 1. The lowest BCUT2D eigenvalue weighted by molar-refractivity contribution is -0.119. The Morgan fingerprint density at radius 1 is 1.38 bits per heavy atom. The van der Waals surface area contributed by atoms with E-state index in [2.05, 4.69) is 25.9 Å². The summed E-state index contributed by atoms with van der Waals surface area (Å²) in [6.45, 7) is 10.0. The zero-order chi connectivity index (χ0) is 12.1. The Bertz CT molecular complexity index is 439. The molecular formula is C13H20N2O. The molecule has 0 atom stereocenters. The molecule has 0 aliphatic heterocycles. The van der Waals surface area contributed by atoms with Crippen molar-refractivity contribution in [3.05, 3.63) is 17.0 Å². The normalized spacial score (nSPS) is 17.9. The van der Waals surface area contributed by atoms with Crippen molar-refractivity contribution in [2.45, 2.75) is 58.9 Å². The van der Waals surface area contributed by atoms with Gasteiger partial charge in [-0.2, -0.15) is 5.10 Å². The zero-order valence-electron chi connectivity index (χ0n) is 10.8. The number of hydrogen-bond acceptors (Lipinski definition) is 2. The Morgan fingerprint density at radius 2 is 1.94 bits per heavy atom. The summed E-state index contributed by atoms with van der Waals surface area (Å²) in [5.74, 6) is 0.294. The second-order valence-corrected chi connectivity index (χ2v) is 5.22. The van der Waals surface area contributed by atoms with E-state index in [0.717, 1.165) is 18.5 Å². The van der Waals surface area contributed by atoms with Gasteiger partial charge in [-0.05, 0) is 47.5 Å². The van der Waals surface area contributed by atoms with Crippen LogP contribution in [0.3, 0.4) is 0 Å². The molecule has 1 saturated carbocycles. The van der Waals surface area contributed by atoms with Gasteiger partial charge in [-0.25, -0.2) is 0 Å². The van der Waals surface area contributed by atoms with Gasteiger partial charge in [0.2, 0.25) is 0 Å². The highest BCUT2D eigenvalue weighted by Crippen LogP contribution is 2.51. The summed E-state index contributed by atoms with van der Waals surface area (Å²) < 4.78 is 2.04.